The van der Waals surface area contributed by atoms with Gasteiger partial charge in [-0.3, -0.25) is 4.79 Å². The highest BCUT2D eigenvalue weighted by molar-refractivity contribution is 5.82. The van der Waals surface area contributed by atoms with Crippen LogP contribution in [-0.2, 0) is 9.53 Å². The zero-order valence-corrected chi connectivity index (χ0v) is 18.3. The highest BCUT2D eigenvalue weighted by Crippen LogP contribution is 2.39. The normalized spacial score (nSPS) is 19.7. The van der Waals surface area contributed by atoms with Crippen molar-refractivity contribution in [1.82, 2.24) is 24.8 Å². The molecule has 1 aliphatic heterocycles. The quantitative estimate of drug-likeness (QED) is 0.829. The van der Waals surface area contributed by atoms with Gasteiger partial charge in [0.1, 0.15) is 12.1 Å². The van der Waals surface area contributed by atoms with Crippen molar-refractivity contribution >= 4 is 17.6 Å². The minimum atomic E-state index is -0.596. The molecule has 3 heterocycles. The summed E-state index contributed by atoms with van der Waals surface area (Å²) >= 11 is 0. The second-order valence-corrected chi connectivity index (χ2v) is 9.39. The Kier molecular flexibility index (Phi) is 5.42. The number of hydrogen-bond donors (Lipinski definition) is 1. The topological polar surface area (TPSA) is 88.8 Å². The predicted octanol–water partition coefficient (Wildman–Crippen LogP) is 3.49. The number of carbonyl (C=O) groups excluding carboxylic acids is 2. The van der Waals surface area contributed by atoms with Gasteiger partial charge >= 0.3 is 6.09 Å². The number of ether oxygens (including phenoxy) is 1. The van der Waals surface area contributed by atoms with Crippen LogP contribution in [0.2, 0.25) is 0 Å². The van der Waals surface area contributed by atoms with Crippen molar-refractivity contribution in [3.63, 3.8) is 0 Å². The molecule has 2 aliphatic rings. The van der Waals surface area contributed by atoms with Crippen LogP contribution >= 0.6 is 0 Å². The second kappa shape index (κ2) is 7.89. The number of rotatable bonds is 4. The Labute approximate surface area is 177 Å². The average molecular weight is 414 g/mol. The highest BCUT2D eigenvalue weighted by Gasteiger charge is 2.31. The van der Waals surface area contributed by atoms with E-state index in [1.807, 2.05) is 22.4 Å². The molecular weight excluding hydrogens is 382 g/mol. The van der Waals surface area contributed by atoms with Crippen LogP contribution < -0.4 is 5.32 Å². The Morgan fingerprint density at radius 3 is 2.63 bits per heavy atom. The Balaban J connectivity index is 1.50. The molecule has 30 heavy (non-hydrogen) atoms. The van der Waals surface area contributed by atoms with Crippen molar-refractivity contribution in [2.75, 3.05) is 13.1 Å². The van der Waals surface area contributed by atoms with E-state index < -0.39 is 11.7 Å². The van der Waals surface area contributed by atoms with E-state index in [1.165, 1.54) is 12.8 Å². The summed E-state index contributed by atoms with van der Waals surface area (Å²) in [5.74, 6) is 0.463. The Bertz CT molecular complexity index is 958. The number of alkyl carbamates (subject to hydrolysis) is 1. The molecule has 162 valence electrons. The van der Waals surface area contributed by atoms with Gasteiger partial charge in [0.2, 0.25) is 5.91 Å². The molecule has 8 heteroatoms. The van der Waals surface area contributed by atoms with Gasteiger partial charge in [-0.15, -0.1) is 0 Å². The first-order valence-corrected chi connectivity index (χ1v) is 10.8. The van der Waals surface area contributed by atoms with Gasteiger partial charge in [0, 0.05) is 29.9 Å². The number of amides is 2. The van der Waals surface area contributed by atoms with Crippen molar-refractivity contribution in [3.05, 3.63) is 29.2 Å². The summed E-state index contributed by atoms with van der Waals surface area (Å²) < 4.78 is 7.10. The first kappa shape index (κ1) is 20.6. The lowest BCUT2D eigenvalue weighted by molar-refractivity contribution is -0.134. The summed E-state index contributed by atoms with van der Waals surface area (Å²) in [4.78, 5) is 31.4. The van der Waals surface area contributed by atoms with Crippen molar-refractivity contribution in [3.8, 4) is 0 Å². The molecule has 1 saturated heterocycles. The molecule has 0 spiro atoms. The lowest BCUT2D eigenvalue weighted by atomic mass is 9.99. The largest absolute Gasteiger partial charge is 0.444 e. The van der Waals surface area contributed by atoms with Crippen LogP contribution in [0, 0.1) is 6.92 Å². The van der Waals surface area contributed by atoms with Gasteiger partial charge in [0.15, 0.2) is 5.65 Å². The van der Waals surface area contributed by atoms with Crippen molar-refractivity contribution in [2.24, 2.45) is 0 Å². The third-order valence-corrected chi connectivity index (χ3v) is 5.59. The van der Waals surface area contributed by atoms with E-state index in [2.05, 4.69) is 11.4 Å². The van der Waals surface area contributed by atoms with E-state index in [-0.39, 0.29) is 18.5 Å². The van der Waals surface area contributed by atoms with E-state index in [4.69, 9.17) is 14.8 Å². The van der Waals surface area contributed by atoms with Crippen LogP contribution in [0.25, 0.3) is 5.65 Å². The number of aryl methyl sites for hydroxylation is 1. The number of fused-ring (bicyclic) bond motifs is 1. The molecule has 1 atom stereocenters. The molecule has 2 fully saturated rings. The van der Waals surface area contributed by atoms with Gasteiger partial charge in [0.25, 0.3) is 0 Å². The number of aromatic nitrogens is 3. The Hall–Kier alpha value is -2.64. The van der Waals surface area contributed by atoms with Crippen LogP contribution in [-0.4, -0.2) is 50.2 Å². The van der Waals surface area contributed by atoms with Gasteiger partial charge in [-0.1, -0.05) is 0 Å². The fourth-order valence-corrected chi connectivity index (χ4v) is 4.02. The monoisotopic (exact) mass is 413 g/mol. The number of likely N-dealkylation sites (tertiary alicyclic amines) is 1. The van der Waals surface area contributed by atoms with Crippen molar-refractivity contribution in [2.45, 2.75) is 77.4 Å². The first-order chi connectivity index (χ1) is 14.2. The second-order valence-electron chi connectivity index (χ2n) is 9.39. The van der Waals surface area contributed by atoms with Crippen LogP contribution in [0.15, 0.2) is 12.1 Å². The number of piperidine rings is 1. The molecular formula is C22H31N5O3. The lowest BCUT2D eigenvalue weighted by Crippen LogP contribution is -2.45. The molecule has 0 bridgehead atoms. The molecule has 4 rings (SSSR count). The van der Waals surface area contributed by atoms with Gasteiger partial charge in [0.05, 0.1) is 11.7 Å². The molecule has 0 aromatic carbocycles. The van der Waals surface area contributed by atoms with Crippen LogP contribution in [0.4, 0.5) is 4.79 Å². The zero-order valence-electron chi connectivity index (χ0n) is 18.3. The molecule has 1 saturated carbocycles. The summed E-state index contributed by atoms with van der Waals surface area (Å²) in [7, 11) is 0. The van der Waals surface area contributed by atoms with Crippen molar-refractivity contribution in [1.29, 1.82) is 0 Å². The number of carbonyl (C=O) groups is 2. The van der Waals surface area contributed by atoms with Crippen LogP contribution in [0.5, 0.6) is 0 Å². The fraction of sp³-hybridized carbons (Fsp3) is 0.636. The van der Waals surface area contributed by atoms with Gasteiger partial charge in [-0.05, 0) is 65.9 Å². The predicted molar refractivity (Wildman–Crippen MR) is 112 cm³/mol. The number of hydrogen-bond acceptors (Lipinski definition) is 5. The fourth-order valence-electron chi connectivity index (χ4n) is 4.02. The third kappa shape index (κ3) is 4.57. The maximum absolute atomic E-state index is 12.9. The van der Waals surface area contributed by atoms with E-state index in [1.54, 1.807) is 20.8 Å². The lowest BCUT2D eigenvalue weighted by Gasteiger charge is -2.34. The molecule has 2 aromatic rings. The zero-order chi connectivity index (χ0) is 21.5. The first-order valence-electron chi connectivity index (χ1n) is 10.8. The standard InChI is InChI=1S/C22H31N5O3/c1-14-11-16(15-8-9-15)24-19-12-17(25-27(14)19)18-7-5-6-10-26(18)20(28)13-23-21(29)30-22(2,3)4/h11-12,15,18H,5-10,13H2,1-4H3,(H,23,29). The SMILES string of the molecule is Cc1cc(C2CC2)nc2cc(C3CCCCN3C(=O)CNC(=O)OC(C)(C)C)nn12. The van der Waals surface area contributed by atoms with Crippen LogP contribution in [0.3, 0.4) is 0 Å². The summed E-state index contributed by atoms with van der Waals surface area (Å²) in [5, 5.41) is 7.36. The summed E-state index contributed by atoms with van der Waals surface area (Å²) in [6.45, 7) is 8.01. The molecule has 8 nitrogen and oxygen atoms in total. The Morgan fingerprint density at radius 1 is 1.17 bits per heavy atom. The minimum Gasteiger partial charge on any atom is -0.444 e. The van der Waals surface area contributed by atoms with Gasteiger partial charge in [-0.25, -0.2) is 14.3 Å². The van der Waals surface area contributed by atoms with Crippen LogP contribution in [0.1, 0.15) is 81.9 Å². The molecule has 1 N–H and O–H groups in total. The maximum atomic E-state index is 12.9. The van der Waals surface area contributed by atoms with E-state index in [9.17, 15) is 9.59 Å². The smallest absolute Gasteiger partial charge is 0.408 e. The summed E-state index contributed by atoms with van der Waals surface area (Å²) in [5.41, 5.74) is 3.32. The molecule has 2 aromatic heterocycles. The summed E-state index contributed by atoms with van der Waals surface area (Å²) in [6, 6.07) is 4.03. The highest BCUT2D eigenvalue weighted by atomic mass is 16.6. The molecule has 2 amide bonds. The minimum absolute atomic E-state index is 0.0815. The third-order valence-electron chi connectivity index (χ3n) is 5.59. The Morgan fingerprint density at radius 2 is 1.93 bits per heavy atom. The molecule has 0 radical (unpaired) electrons. The summed E-state index contributed by atoms with van der Waals surface area (Å²) in [6.07, 6.45) is 4.69. The van der Waals surface area contributed by atoms with Gasteiger partial charge < -0.3 is 15.0 Å². The molecule has 1 unspecified atom stereocenters. The molecule has 1 aliphatic carbocycles. The number of nitrogens with one attached hydrogen (secondary N) is 1. The van der Waals surface area contributed by atoms with E-state index in [0.717, 1.165) is 42.0 Å². The average Bonchev–Trinajstić information content (AvgIpc) is 3.44. The van der Waals surface area contributed by atoms with E-state index in [0.29, 0.717) is 12.5 Å². The maximum Gasteiger partial charge on any atom is 0.408 e. The van der Waals surface area contributed by atoms with E-state index >= 15 is 0 Å². The number of nitrogens with zero attached hydrogens (tertiary/aromatic N) is 4. The van der Waals surface area contributed by atoms with Crippen molar-refractivity contribution < 1.29 is 14.3 Å². The van der Waals surface area contributed by atoms with Gasteiger partial charge in [-0.2, -0.15) is 5.10 Å².